The minimum atomic E-state index is -0.0556. The van der Waals surface area contributed by atoms with Crippen LogP contribution < -0.4 is 10.3 Å². The van der Waals surface area contributed by atoms with Gasteiger partial charge in [-0.2, -0.15) is 0 Å². The molecule has 0 unspecified atom stereocenters. The molecule has 2 fully saturated rings. The predicted octanol–water partition coefficient (Wildman–Crippen LogP) is 3.99. The highest BCUT2D eigenvalue weighted by Gasteiger charge is 2.32. The van der Waals surface area contributed by atoms with Gasteiger partial charge in [-0.1, -0.05) is 54.6 Å². The van der Waals surface area contributed by atoms with E-state index in [0.29, 0.717) is 31.3 Å². The Bertz CT molecular complexity index is 1140. The number of carbonyl (C=O) groups excluding carboxylic acids is 1. The Kier molecular flexibility index (Phi) is 5.10. The summed E-state index contributed by atoms with van der Waals surface area (Å²) in [5.41, 5.74) is 4.27. The highest BCUT2D eigenvalue weighted by atomic mass is 16.5. The fourth-order valence-corrected chi connectivity index (χ4v) is 4.19. The fraction of sp³-hybridized carbons (Fsp3) is 0.308. The Morgan fingerprint density at radius 1 is 0.968 bits per heavy atom. The van der Waals surface area contributed by atoms with Gasteiger partial charge in [0.15, 0.2) is 0 Å². The van der Waals surface area contributed by atoms with E-state index < -0.39 is 0 Å². The summed E-state index contributed by atoms with van der Waals surface area (Å²) in [7, 11) is 0. The normalized spacial score (nSPS) is 16.1. The number of amides is 1. The number of likely N-dealkylation sites (tertiary alicyclic amines) is 1. The number of aromatic nitrogens is 1. The molecule has 31 heavy (non-hydrogen) atoms. The molecule has 2 heterocycles. The van der Waals surface area contributed by atoms with Crippen molar-refractivity contribution in [3.8, 4) is 16.9 Å². The number of nitrogens with zero attached hydrogens (tertiary/aromatic N) is 2. The van der Waals surface area contributed by atoms with Gasteiger partial charge in [0.1, 0.15) is 11.9 Å². The smallest absolute Gasteiger partial charge is 0.254 e. The SMILES string of the molecule is Cc1cc(OC2CN(C(=O)Cc3ccc(-c4ccccc4)cc3)C2)cc(=O)n1C1CC1. The second-order valence-corrected chi connectivity index (χ2v) is 8.55. The number of benzene rings is 2. The van der Waals surface area contributed by atoms with Crippen LogP contribution in [0.1, 0.15) is 30.1 Å². The average Bonchev–Trinajstić information content (AvgIpc) is 3.56. The molecule has 1 amide bonds. The zero-order valence-corrected chi connectivity index (χ0v) is 17.7. The highest BCUT2D eigenvalue weighted by Crippen LogP contribution is 2.35. The molecule has 5 heteroatoms. The Labute approximate surface area is 181 Å². The van der Waals surface area contributed by atoms with Gasteiger partial charge in [-0.05, 0) is 42.5 Å². The summed E-state index contributed by atoms with van der Waals surface area (Å²) in [6.45, 7) is 3.07. The first kappa shape index (κ1) is 19.6. The van der Waals surface area contributed by atoms with Gasteiger partial charge < -0.3 is 14.2 Å². The molecule has 0 bridgehead atoms. The van der Waals surface area contributed by atoms with Crippen LogP contribution in [0.2, 0.25) is 0 Å². The standard InChI is InChI=1S/C26H26N2O3/c1-18-13-23(15-26(30)28(18)22-11-12-22)31-24-16-27(17-24)25(29)14-19-7-9-21(10-8-19)20-5-3-2-4-6-20/h2-10,13,15,22,24H,11-12,14,16-17H2,1H3. The minimum Gasteiger partial charge on any atom is -0.486 e. The summed E-state index contributed by atoms with van der Waals surface area (Å²) in [5, 5.41) is 0. The van der Waals surface area contributed by atoms with Gasteiger partial charge in [0.05, 0.1) is 19.5 Å². The Morgan fingerprint density at radius 3 is 2.29 bits per heavy atom. The number of pyridine rings is 1. The molecule has 3 aromatic rings. The van der Waals surface area contributed by atoms with E-state index in [4.69, 9.17) is 4.74 Å². The molecule has 0 radical (unpaired) electrons. The zero-order chi connectivity index (χ0) is 21.4. The van der Waals surface area contributed by atoms with Crippen molar-refractivity contribution in [1.82, 2.24) is 9.47 Å². The molecular formula is C26H26N2O3. The lowest BCUT2D eigenvalue weighted by Gasteiger charge is -2.39. The average molecular weight is 415 g/mol. The summed E-state index contributed by atoms with van der Waals surface area (Å²) >= 11 is 0. The van der Waals surface area contributed by atoms with Crippen LogP contribution in [0.5, 0.6) is 5.75 Å². The largest absolute Gasteiger partial charge is 0.486 e. The van der Waals surface area contributed by atoms with Gasteiger partial charge in [0, 0.05) is 17.8 Å². The first-order chi connectivity index (χ1) is 15.1. The Hall–Kier alpha value is -3.34. The second kappa shape index (κ2) is 8.06. The van der Waals surface area contributed by atoms with Crippen molar-refractivity contribution in [2.45, 2.75) is 38.3 Å². The lowest BCUT2D eigenvalue weighted by Crippen LogP contribution is -2.56. The maximum absolute atomic E-state index is 12.6. The van der Waals surface area contributed by atoms with Gasteiger partial charge in [-0.25, -0.2) is 0 Å². The fourth-order valence-electron chi connectivity index (χ4n) is 4.19. The van der Waals surface area contributed by atoms with Gasteiger partial charge in [0.25, 0.3) is 5.56 Å². The molecule has 0 spiro atoms. The Balaban J connectivity index is 1.14. The molecule has 1 aliphatic heterocycles. The van der Waals surface area contributed by atoms with E-state index in [-0.39, 0.29) is 17.6 Å². The number of hydrogen-bond donors (Lipinski definition) is 0. The number of carbonyl (C=O) groups is 1. The summed E-state index contributed by atoms with van der Waals surface area (Å²) in [6, 6.07) is 22.2. The summed E-state index contributed by atoms with van der Waals surface area (Å²) < 4.78 is 7.81. The topological polar surface area (TPSA) is 51.5 Å². The lowest BCUT2D eigenvalue weighted by molar-refractivity contribution is -0.139. The predicted molar refractivity (Wildman–Crippen MR) is 120 cm³/mol. The number of aryl methyl sites for hydroxylation is 1. The van der Waals surface area contributed by atoms with Crippen molar-refractivity contribution in [2.75, 3.05) is 13.1 Å². The van der Waals surface area contributed by atoms with Gasteiger partial charge in [-0.3, -0.25) is 9.59 Å². The molecule has 1 saturated heterocycles. The van der Waals surface area contributed by atoms with E-state index in [9.17, 15) is 9.59 Å². The molecule has 5 nitrogen and oxygen atoms in total. The molecular weight excluding hydrogens is 388 g/mol. The quantitative estimate of drug-likeness (QED) is 0.613. The maximum Gasteiger partial charge on any atom is 0.254 e. The molecule has 0 N–H and O–H groups in total. The molecule has 158 valence electrons. The van der Waals surface area contributed by atoms with Crippen LogP contribution in [0.4, 0.5) is 0 Å². The van der Waals surface area contributed by atoms with Crippen molar-refractivity contribution in [3.05, 3.63) is 88.3 Å². The van der Waals surface area contributed by atoms with E-state index in [1.54, 1.807) is 6.07 Å². The van der Waals surface area contributed by atoms with Crippen LogP contribution >= 0.6 is 0 Å². The zero-order valence-electron chi connectivity index (χ0n) is 17.7. The minimum absolute atomic E-state index is 0.00343. The van der Waals surface area contributed by atoms with Crippen LogP contribution in [-0.2, 0) is 11.2 Å². The van der Waals surface area contributed by atoms with Crippen LogP contribution in [0, 0.1) is 6.92 Å². The van der Waals surface area contributed by atoms with E-state index in [2.05, 4.69) is 24.3 Å². The van der Waals surface area contributed by atoms with Gasteiger partial charge >= 0.3 is 0 Å². The maximum atomic E-state index is 12.6. The molecule has 0 atom stereocenters. The van der Waals surface area contributed by atoms with Crippen LogP contribution in [0.3, 0.4) is 0 Å². The summed E-state index contributed by atoms with van der Waals surface area (Å²) in [5.74, 6) is 0.709. The molecule has 2 aliphatic rings. The molecule has 1 aromatic heterocycles. The highest BCUT2D eigenvalue weighted by molar-refractivity contribution is 5.80. The van der Waals surface area contributed by atoms with Crippen molar-refractivity contribution < 1.29 is 9.53 Å². The van der Waals surface area contributed by atoms with Crippen molar-refractivity contribution in [2.24, 2.45) is 0 Å². The molecule has 5 rings (SSSR count). The van der Waals surface area contributed by atoms with Crippen LogP contribution in [0.15, 0.2) is 71.5 Å². The molecule has 2 aromatic carbocycles. The number of ether oxygens (including phenoxy) is 1. The second-order valence-electron chi connectivity index (χ2n) is 8.55. The molecule has 1 saturated carbocycles. The van der Waals surface area contributed by atoms with Crippen LogP contribution in [0.25, 0.3) is 11.1 Å². The van der Waals surface area contributed by atoms with Crippen molar-refractivity contribution in [1.29, 1.82) is 0 Å². The summed E-state index contributed by atoms with van der Waals surface area (Å²) in [6.07, 6.45) is 2.49. The third-order valence-electron chi connectivity index (χ3n) is 6.07. The lowest BCUT2D eigenvalue weighted by atomic mass is 10.0. The summed E-state index contributed by atoms with van der Waals surface area (Å²) in [4.78, 5) is 26.8. The third kappa shape index (κ3) is 4.26. The van der Waals surface area contributed by atoms with E-state index in [0.717, 1.165) is 29.7 Å². The van der Waals surface area contributed by atoms with Gasteiger partial charge in [-0.15, -0.1) is 0 Å². The first-order valence-electron chi connectivity index (χ1n) is 10.9. The van der Waals surface area contributed by atoms with E-state index >= 15 is 0 Å². The number of hydrogen-bond acceptors (Lipinski definition) is 3. The Morgan fingerprint density at radius 2 is 1.65 bits per heavy atom. The van der Waals surface area contributed by atoms with Crippen molar-refractivity contribution >= 4 is 5.91 Å². The van der Waals surface area contributed by atoms with Gasteiger partial charge in [0.2, 0.25) is 5.91 Å². The molecule has 1 aliphatic carbocycles. The number of rotatable bonds is 6. The van der Waals surface area contributed by atoms with E-state index in [1.165, 1.54) is 5.56 Å². The van der Waals surface area contributed by atoms with Crippen molar-refractivity contribution in [3.63, 3.8) is 0 Å². The van der Waals surface area contributed by atoms with E-state index in [1.807, 2.05) is 52.8 Å². The monoisotopic (exact) mass is 414 g/mol. The third-order valence-corrected chi connectivity index (χ3v) is 6.07. The first-order valence-corrected chi connectivity index (χ1v) is 10.9. The van der Waals surface area contributed by atoms with Crippen LogP contribution in [-0.4, -0.2) is 34.6 Å².